The Balaban J connectivity index is 1.30. The molecule has 0 bridgehead atoms. The van der Waals surface area contributed by atoms with E-state index < -0.39 is 18.1 Å². The van der Waals surface area contributed by atoms with Crippen LogP contribution in [0, 0.1) is 0 Å². The molecule has 0 spiro atoms. The van der Waals surface area contributed by atoms with Crippen molar-refractivity contribution in [2.75, 3.05) is 6.61 Å². The van der Waals surface area contributed by atoms with Crippen LogP contribution in [0.1, 0.15) is 53.0 Å². The Kier molecular flexibility index (Phi) is 4.94. The lowest BCUT2D eigenvalue weighted by Crippen LogP contribution is -2.34. The summed E-state index contributed by atoms with van der Waals surface area (Å²) in [7, 11) is 0. The van der Waals surface area contributed by atoms with E-state index in [1.54, 1.807) is 6.07 Å². The number of benzene rings is 3. The minimum Gasteiger partial charge on any atom is -0.479 e. The average molecular weight is 413 g/mol. The molecule has 1 fully saturated rings. The number of ether oxygens (including phenoxy) is 1. The lowest BCUT2D eigenvalue weighted by Gasteiger charge is -2.18. The average Bonchev–Trinajstić information content (AvgIpc) is 3.59. The highest BCUT2D eigenvalue weighted by molar-refractivity contribution is 5.82. The first-order valence-corrected chi connectivity index (χ1v) is 10.6. The Labute approximate surface area is 180 Å². The molecule has 1 amide bonds. The zero-order valence-electron chi connectivity index (χ0n) is 17.0. The van der Waals surface area contributed by atoms with Crippen LogP contribution in [0.4, 0.5) is 4.79 Å². The maximum absolute atomic E-state index is 12.5. The van der Waals surface area contributed by atoms with Crippen molar-refractivity contribution in [3.63, 3.8) is 0 Å². The van der Waals surface area contributed by atoms with Crippen molar-refractivity contribution in [3.05, 3.63) is 95.1 Å². The number of rotatable bonds is 6. The van der Waals surface area contributed by atoms with Crippen molar-refractivity contribution in [1.29, 1.82) is 0 Å². The molecule has 0 aliphatic heterocycles. The van der Waals surface area contributed by atoms with E-state index in [1.807, 2.05) is 54.6 Å². The van der Waals surface area contributed by atoms with Crippen LogP contribution >= 0.6 is 0 Å². The number of carbonyl (C=O) groups is 2. The molecule has 156 valence electrons. The summed E-state index contributed by atoms with van der Waals surface area (Å²) in [5.41, 5.74) is 6.20. The number of hydrogen-bond acceptors (Lipinski definition) is 3. The summed E-state index contributed by atoms with van der Waals surface area (Å²) in [4.78, 5) is 24.4. The molecule has 0 saturated heterocycles. The highest BCUT2D eigenvalue weighted by Gasteiger charge is 2.30. The van der Waals surface area contributed by atoms with Crippen molar-refractivity contribution in [1.82, 2.24) is 5.32 Å². The van der Waals surface area contributed by atoms with Gasteiger partial charge < -0.3 is 15.2 Å². The van der Waals surface area contributed by atoms with E-state index in [2.05, 4.69) is 17.4 Å². The predicted molar refractivity (Wildman–Crippen MR) is 117 cm³/mol. The van der Waals surface area contributed by atoms with Crippen molar-refractivity contribution in [2.24, 2.45) is 0 Å². The third-order valence-corrected chi connectivity index (χ3v) is 6.15. The van der Waals surface area contributed by atoms with Crippen LogP contribution in [0.15, 0.2) is 72.8 Å². The minimum absolute atomic E-state index is 0.0698. The molecular weight excluding hydrogens is 390 g/mol. The summed E-state index contributed by atoms with van der Waals surface area (Å²) in [5.74, 6) is -0.676. The van der Waals surface area contributed by atoms with Gasteiger partial charge in [0, 0.05) is 5.92 Å². The summed E-state index contributed by atoms with van der Waals surface area (Å²) in [6.07, 6.45) is 1.52. The van der Waals surface area contributed by atoms with Gasteiger partial charge in [-0.25, -0.2) is 9.59 Å². The van der Waals surface area contributed by atoms with E-state index in [4.69, 9.17) is 4.74 Å². The van der Waals surface area contributed by atoms with Crippen LogP contribution in [0.5, 0.6) is 0 Å². The van der Waals surface area contributed by atoms with E-state index in [9.17, 15) is 14.7 Å². The topological polar surface area (TPSA) is 75.6 Å². The second-order valence-electron chi connectivity index (χ2n) is 8.19. The molecule has 5 rings (SSSR count). The Morgan fingerprint density at radius 2 is 1.58 bits per heavy atom. The zero-order valence-corrected chi connectivity index (χ0v) is 17.0. The van der Waals surface area contributed by atoms with Gasteiger partial charge >= 0.3 is 12.1 Å². The number of aliphatic carboxylic acids is 1. The van der Waals surface area contributed by atoms with Gasteiger partial charge in [0.1, 0.15) is 6.61 Å². The van der Waals surface area contributed by atoms with Crippen molar-refractivity contribution < 1.29 is 19.4 Å². The van der Waals surface area contributed by atoms with E-state index in [1.165, 1.54) is 0 Å². The maximum Gasteiger partial charge on any atom is 0.408 e. The third kappa shape index (κ3) is 3.79. The fourth-order valence-electron chi connectivity index (χ4n) is 4.45. The fourth-order valence-corrected chi connectivity index (χ4v) is 4.45. The van der Waals surface area contributed by atoms with Crippen molar-refractivity contribution in [3.8, 4) is 11.1 Å². The normalized spacial score (nSPS) is 15.6. The molecule has 5 heteroatoms. The first kappa shape index (κ1) is 19.4. The number of nitrogens with one attached hydrogen (secondary N) is 1. The van der Waals surface area contributed by atoms with Gasteiger partial charge in [-0.1, -0.05) is 72.8 Å². The van der Waals surface area contributed by atoms with Crippen molar-refractivity contribution >= 4 is 12.1 Å². The van der Waals surface area contributed by atoms with Gasteiger partial charge in [0.2, 0.25) is 0 Å². The molecule has 0 aromatic heterocycles. The molecule has 3 aromatic carbocycles. The number of carboxylic acids is 1. The van der Waals surface area contributed by atoms with Gasteiger partial charge in [0.05, 0.1) is 0 Å². The van der Waals surface area contributed by atoms with Crippen LogP contribution < -0.4 is 5.32 Å². The van der Waals surface area contributed by atoms with Crippen LogP contribution in [0.25, 0.3) is 11.1 Å². The van der Waals surface area contributed by atoms with E-state index in [0.717, 1.165) is 40.7 Å². The number of fused-ring (bicyclic) bond motifs is 3. The lowest BCUT2D eigenvalue weighted by atomic mass is 9.98. The van der Waals surface area contributed by atoms with Crippen LogP contribution in [0.2, 0.25) is 0 Å². The molecular formula is C26H23NO4. The SMILES string of the molecule is O=C(NC(C(=O)O)c1cccc(C2CC2)c1)OCC1c2ccccc2-c2ccccc21. The largest absolute Gasteiger partial charge is 0.479 e. The Bertz CT molecular complexity index is 1110. The summed E-state index contributed by atoms with van der Waals surface area (Å²) >= 11 is 0. The van der Waals surface area contributed by atoms with E-state index in [-0.39, 0.29) is 12.5 Å². The van der Waals surface area contributed by atoms with Gasteiger partial charge in [-0.2, -0.15) is 0 Å². The quantitative estimate of drug-likeness (QED) is 0.580. The number of hydrogen-bond donors (Lipinski definition) is 2. The number of carboxylic acid groups (broad SMARTS) is 1. The van der Waals surface area contributed by atoms with Crippen LogP contribution in [-0.4, -0.2) is 23.8 Å². The first-order chi connectivity index (χ1) is 15.1. The molecule has 2 aliphatic carbocycles. The number of alkyl carbamates (subject to hydrolysis) is 1. The highest BCUT2D eigenvalue weighted by atomic mass is 16.5. The van der Waals surface area contributed by atoms with Gasteiger partial charge in [0.15, 0.2) is 6.04 Å². The molecule has 0 radical (unpaired) electrons. The fraction of sp³-hybridized carbons (Fsp3) is 0.231. The van der Waals surface area contributed by atoms with Crippen molar-refractivity contribution in [2.45, 2.75) is 30.7 Å². The van der Waals surface area contributed by atoms with Crippen LogP contribution in [0.3, 0.4) is 0 Å². The molecule has 5 nitrogen and oxygen atoms in total. The zero-order chi connectivity index (χ0) is 21.4. The Morgan fingerprint density at radius 3 is 2.19 bits per heavy atom. The molecule has 0 heterocycles. The number of amides is 1. The maximum atomic E-state index is 12.5. The lowest BCUT2D eigenvalue weighted by molar-refractivity contribution is -0.139. The third-order valence-electron chi connectivity index (χ3n) is 6.15. The van der Waals surface area contributed by atoms with Gasteiger partial charge in [-0.15, -0.1) is 0 Å². The van der Waals surface area contributed by atoms with E-state index >= 15 is 0 Å². The molecule has 31 heavy (non-hydrogen) atoms. The smallest absolute Gasteiger partial charge is 0.408 e. The summed E-state index contributed by atoms with van der Waals surface area (Å²) < 4.78 is 5.52. The van der Waals surface area contributed by atoms with Crippen LogP contribution in [-0.2, 0) is 9.53 Å². The Morgan fingerprint density at radius 1 is 0.935 bits per heavy atom. The predicted octanol–water partition coefficient (Wildman–Crippen LogP) is 5.23. The second-order valence-corrected chi connectivity index (χ2v) is 8.19. The molecule has 1 atom stereocenters. The number of carbonyl (C=O) groups excluding carboxylic acids is 1. The van der Waals surface area contributed by atoms with E-state index in [0.29, 0.717) is 11.5 Å². The molecule has 2 aliphatic rings. The second kappa shape index (κ2) is 7.91. The first-order valence-electron chi connectivity index (χ1n) is 10.6. The summed E-state index contributed by atoms with van der Waals surface area (Å²) in [6.45, 7) is 0.147. The Hall–Kier alpha value is -3.60. The summed E-state index contributed by atoms with van der Waals surface area (Å²) in [6, 6.07) is 22.5. The minimum atomic E-state index is -1.14. The highest BCUT2D eigenvalue weighted by Crippen LogP contribution is 2.44. The van der Waals surface area contributed by atoms with Gasteiger partial charge in [-0.05, 0) is 52.1 Å². The molecule has 3 aromatic rings. The molecule has 2 N–H and O–H groups in total. The summed E-state index contributed by atoms with van der Waals surface area (Å²) in [5, 5.41) is 12.2. The van der Waals surface area contributed by atoms with Gasteiger partial charge in [0.25, 0.3) is 0 Å². The molecule has 1 saturated carbocycles. The standard InChI is InChI=1S/C26H23NO4/c28-25(29)24(18-7-5-6-17(14-18)16-12-13-16)27-26(30)31-15-23-21-10-3-1-8-19(21)20-9-2-4-11-22(20)23/h1-11,14,16,23-24H,12-13,15H2,(H,27,30)(H,28,29). The monoisotopic (exact) mass is 413 g/mol. The molecule has 1 unspecified atom stereocenters. The van der Waals surface area contributed by atoms with Gasteiger partial charge in [-0.3, -0.25) is 0 Å².